The molecular weight excluding hydrogens is 228 g/mol. The van der Waals surface area contributed by atoms with Crippen LogP contribution in [0.1, 0.15) is 27.3 Å². The Morgan fingerprint density at radius 2 is 2.12 bits per heavy atom. The zero-order valence-corrected chi connectivity index (χ0v) is 10.2. The van der Waals surface area contributed by atoms with Crippen molar-refractivity contribution in [1.29, 1.82) is 0 Å². The maximum Gasteiger partial charge on any atom is 0.308 e. The van der Waals surface area contributed by atoms with Crippen LogP contribution in [0.2, 0.25) is 0 Å². The molecule has 1 aromatic heterocycles. The number of carbonyl (C=O) groups excluding carboxylic acids is 1. The Hall–Kier alpha value is -1.43. The van der Waals surface area contributed by atoms with Crippen LogP contribution in [0, 0.1) is 19.8 Å². The van der Waals surface area contributed by atoms with Gasteiger partial charge in [0, 0.05) is 6.54 Å². The van der Waals surface area contributed by atoms with Gasteiger partial charge in [0.1, 0.15) is 4.88 Å². The van der Waals surface area contributed by atoms with Gasteiger partial charge in [0.05, 0.1) is 16.6 Å². The minimum Gasteiger partial charge on any atom is -0.481 e. The van der Waals surface area contributed by atoms with Gasteiger partial charge in [0.25, 0.3) is 5.91 Å². The van der Waals surface area contributed by atoms with E-state index in [1.807, 2.05) is 6.92 Å². The summed E-state index contributed by atoms with van der Waals surface area (Å²) in [5, 5.41) is 12.1. The fraction of sp³-hybridized carbons (Fsp3) is 0.500. The van der Waals surface area contributed by atoms with E-state index in [0.29, 0.717) is 10.6 Å². The fourth-order valence-electron chi connectivity index (χ4n) is 1.16. The van der Waals surface area contributed by atoms with Crippen molar-refractivity contribution in [3.8, 4) is 0 Å². The first-order chi connectivity index (χ1) is 7.41. The molecule has 1 aromatic rings. The number of rotatable bonds is 4. The number of carbonyl (C=O) groups is 2. The van der Waals surface area contributed by atoms with E-state index in [4.69, 9.17) is 5.11 Å². The van der Waals surface area contributed by atoms with Gasteiger partial charge in [0.15, 0.2) is 0 Å². The lowest BCUT2D eigenvalue weighted by atomic mass is 10.2. The van der Waals surface area contributed by atoms with Gasteiger partial charge in [-0.2, -0.15) is 0 Å². The van der Waals surface area contributed by atoms with Crippen LogP contribution in [-0.4, -0.2) is 28.5 Å². The average Bonchev–Trinajstić information content (AvgIpc) is 2.53. The summed E-state index contributed by atoms with van der Waals surface area (Å²) < 4.78 is 0. The van der Waals surface area contributed by atoms with Crippen LogP contribution >= 0.6 is 11.3 Å². The molecule has 2 N–H and O–H groups in total. The highest BCUT2D eigenvalue weighted by Crippen LogP contribution is 2.16. The Labute approximate surface area is 97.5 Å². The maximum atomic E-state index is 11.7. The zero-order valence-electron chi connectivity index (χ0n) is 9.40. The third kappa shape index (κ3) is 3.03. The lowest BCUT2D eigenvalue weighted by molar-refractivity contribution is -0.140. The first-order valence-electron chi connectivity index (χ1n) is 4.87. The summed E-state index contributed by atoms with van der Waals surface area (Å²) in [6.07, 6.45) is 0. The maximum absolute atomic E-state index is 11.7. The van der Waals surface area contributed by atoms with E-state index in [2.05, 4.69) is 10.3 Å². The summed E-state index contributed by atoms with van der Waals surface area (Å²) in [5.41, 5.74) is 0.683. The van der Waals surface area contributed by atoms with Crippen molar-refractivity contribution >= 4 is 23.2 Å². The van der Waals surface area contributed by atoms with Crippen LogP contribution in [0.5, 0.6) is 0 Å². The first-order valence-corrected chi connectivity index (χ1v) is 5.68. The molecule has 1 heterocycles. The number of hydrogen-bond donors (Lipinski definition) is 2. The molecule has 1 amide bonds. The molecule has 88 valence electrons. The lowest BCUT2D eigenvalue weighted by Gasteiger charge is -2.07. The molecule has 6 heteroatoms. The van der Waals surface area contributed by atoms with Crippen molar-refractivity contribution in [3.63, 3.8) is 0 Å². The SMILES string of the molecule is Cc1nc(C)c(C(=O)NCC(C)C(=O)O)s1. The third-order valence-corrected chi connectivity index (χ3v) is 3.17. The largest absolute Gasteiger partial charge is 0.481 e. The van der Waals surface area contributed by atoms with Gasteiger partial charge in [-0.05, 0) is 13.8 Å². The first kappa shape index (κ1) is 12.6. The number of hydrogen-bond acceptors (Lipinski definition) is 4. The van der Waals surface area contributed by atoms with Crippen molar-refractivity contribution in [1.82, 2.24) is 10.3 Å². The molecular formula is C10H14N2O3S. The molecule has 0 fully saturated rings. The minimum absolute atomic E-state index is 0.130. The highest BCUT2D eigenvalue weighted by atomic mass is 32.1. The number of aliphatic carboxylic acids is 1. The highest BCUT2D eigenvalue weighted by molar-refractivity contribution is 7.13. The van der Waals surface area contributed by atoms with Crippen LogP contribution < -0.4 is 5.32 Å². The monoisotopic (exact) mass is 242 g/mol. The minimum atomic E-state index is -0.919. The number of aryl methyl sites for hydroxylation is 2. The zero-order chi connectivity index (χ0) is 12.3. The molecule has 0 spiro atoms. The molecule has 0 aliphatic rings. The van der Waals surface area contributed by atoms with Crippen molar-refractivity contribution in [2.24, 2.45) is 5.92 Å². The third-order valence-electron chi connectivity index (χ3n) is 2.10. The summed E-state index contributed by atoms with van der Waals surface area (Å²) in [5.74, 6) is -1.76. The molecule has 1 atom stereocenters. The quantitative estimate of drug-likeness (QED) is 0.831. The molecule has 0 aliphatic heterocycles. The van der Waals surface area contributed by atoms with E-state index in [0.717, 1.165) is 5.01 Å². The Kier molecular flexibility index (Phi) is 4.00. The molecule has 0 bridgehead atoms. The number of thiazole rings is 1. The van der Waals surface area contributed by atoms with E-state index < -0.39 is 11.9 Å². The standard InChI is InChI=1S/C10H14N2O3S/c1-5(10(14)15)4-11-9(13)8-6(2)12-7(3)16-8/h5H,4H2,1-3H3,(H,11,13)(H,14,15). The van der Waals surface area contributed by atoms with Gasteiger partial charge >= 0.3 is 5.97 Å². The van der Waals surface area contributed by atoms with Gasteiger partial charge in [-0.15, -0.1) is 11.3 Å². The Bertz CT molecular complexity index is 414. The highest BCUT2D eigenvalue weighted by Gasteiger charge is 2.16. The summed E-state index contributed by atoms with van der Waals surface area (Å²) in [4.78, 5) is 26.9. The van der Waals surface area contributed by atoms with Crippen LogP contribution in [0.25, 0.3) is 0 Å². The molecule has 0 aromatic carbocycles. The molecule has 0 aliphatic carbocycles. The van der Waals surface area contributed by atoms with E-state index >= 15 is 0 Å². The summed E-state index contributed by atoms with van der Waals surface area (Å²) in [7, 11) is 0. The van der Waals surface area contributed by atoms with Crippen LogP contribution in [-0.2, 0) is 4.79 Å². The molecule has 5 nitrogen and oxygen atoms in total. The Balaban J connectivity index is 2.60. The van der Waals surface area contributed by atoms with E-state index in [1.165, 1.54) is 11.3 Å². The van der Waals surface area contributed by atoms with E-state index in [-0.39, 0.29) is 12.5 Å². The number of carboxylic acids is 1. The van der Waals surface area contributed by atoms with Gasteiger partial charge < -0.3 is 10.4 Å². The predicted octanol–water partition coefficient (Wildman–Crippen LogP) is 1.21. The van der Waals surface area contributed by atoms with Crippen molar-refractivity contribution in [2.75, 3.05) is 6.54 Å². The normalized spacial score (nSPS) is 12.2. The fourth-order valence-corrected chi connectivity index (χ4v) is 1.99. The van der Waals surface area contributed by atoms with Crippen LogP contribution in [0.4, 0.5) is 0 Å². The van der Waals surface area contributed by atoms with Gasteiger partial charge in [0.2, 0.25) is 0 Å². The molecule has 0 radical (unpaired) electrons. The van der Waals surface area contributed by atoms with Gasteiger partial charge in [-0.25, -0.2) is 4.98 Å². The smallest absolute Gasteiger partial charge is 0.308 e. The molecule has 1 rings (SSSR count). The number of aromatic nitrogens is 1. The van der Waals surface area contributed by atoms with Crippen molar-refractivity contribution in [2.45, 2.75) is 20.8 Å². The number of nitrogens with one attached hydrogen (secondary N) is 1. The molecule has 0 saturated carbocycles. The summed E-state index contributed by atoms with van der Waals surface area (Å²) in [6, 6.07) is 0. The second kappa shape index (κ2) is 5.07. The number of amides is 1. The lowest BCUT2D eigenvalue weighted by Crippen LogP contribution is -2.31. The van der Waals surface area contributed by atoms with Crippen molar-refractivity contribution in [3.05, 3.63) is 15.6 Å². The topological polar surface area (TPSA) is 79.3 Å². The number of carboxylic acid groups (broad SMARTS) is 1. The van der Waals surface area contributed by atoms with Crippen LogP contribution in [0.3, 0.4) is 0 Å². The second-order valence-electron chi connectivity index (χ2n) is 3.60. The van der Waals surface area contributed by atoms with Crippen LogP contribution in [0.15, 0.2) is 0 Å². The Morgan fingerprint density at radius 1 is 1.50 bits per heavy atom. The second-order valence-corrected chi connectivity index (χ2v) is 4.80. The Morgan fingerprint density at radius 3 is 2.56 bits per heavy atom. The summed E-state index contributed by atoms with van der Waals surface area (Å²) in [6.45, 7) is 5.27. The molecule has 0 saturated heterocycles. The van der Waals surface area contributed by atoms with Gasteiger partial charge in [-0.3, -0.25) is 9.59 Å². The predicted molar refractivity (Wildman–Crippen MR) is 60.7 cm³/mol. The molecule has 1 unspecified atom stereocenters. The van der Waals surface area contributed by atoms with Crippen molar-refractivity contribution < 1.29 is 14.7 Å². The van der Waals surface area contributed by atoms with Gasteiger partial charge in [-0.1, -0.05) is 6.92 Å². The van der Waals surface area contributed by atoms with E-state index in [9.17, 15) is 9.59 Å². The number of nitrogens with zero attached hydrogens (tertiary/aromatic N) is 1. The van der Waals surface area contributed by atoms with E-state index in [1.54, 1.807) is 13.8 Å². The molecule has 16 heavy (non-hydrogen) atoms. The summed E-state index contributed by atoms with van der Waals surface area (Å²) >= 11 is 1.31. The average molecular weight is 242 g/mol.